The van der Waals surface area contributed by atoms with Crippen LogP contribution in [0.4, 0.5) is 0 Å². The summed E-state index contributed by atoms with van der Waals surface area (Å²) in [6, 6.07) is 7.74. The maximum Gasteiger partial charge on any atom is 0.120 e. The van der Waals surface area contributed by atoms with Gasteiger partial charge in [-0.25, -0.2) is 0 Å². The van der Waals surface area contributed by atoms with Crippen LogP contribution in [-0.4, -0.2) is 17.3 Å². The maximum atomic E-state index is 8.87. The third kappa shape index (κ3) is 10.6. The molecule has 0 saturated heterocycles. The molecule has 1 aromatic carbocycles. The molecule has 0 aliphatic carbocycles. The quantitative estimate of drug-likeness (QED) is 0.791. The van der Waals surface area contributed by atoms with Crippen LogP contribution in [0.15, 0.2) is 30.8 Å². The fourth-order valence-electron chi connectivity index (χ4n) is 1.31. The van der Waals surface area contributed by atoms with E-state index in [1.54, 1.807) is 6.08 Å². The summed E-state index contributed by atoms with van der Waals surface area (Å²) >= 11 is 0. The summed E-state index contributed by atoms with van der Waals surface area (Å²) in [6.07, 6.45) is 3.67. The summed E-state index contributed by atoms with van der Waals surface area (Å²) < 4.78 is 5.75. The van der Waals surface area contributed by atoms with Crippen molar-refractivity contribution in [2.24, 2.45) is 0 Å². The van der Waals surface area contributed by atoms with Crippen molar-refractivity contribution >= 4 is 6.08 Å². The molecule has 0 fully saturated rings. The molecular weight excluding hydrogens is 248 g/mol. The van der Waals surface area contributed by atoms with Crippen LogP contribution in [0.5, 0.6) is 5.75 Å². The molecule has 0 spiro atoms. The molecule has 1 aromatic rings. The zero-order valence-electron chi connectivity index (χ0n) is 14.1. The third-order valence-electron chi connectivity index (χ3n) is 2.22. The van der Waals surface area contributed by atoms with Crippen molar-refractivity contribution in [2.45, 2.75) is 60.0 Å². The van der Waals surface area contributed by atoms with E-state index in [0.29, 0.717) is 6.42 Å². The highest BCUT2D eigenvalue weighted by atomic mass is 16.5. The topological polar surface area (TPSA) is 29.5 Å². The zero-order chi connectivity index (χ0) is 16.0. The second-order valence-corrected chi connectivity index (χ2v) is 4.82. The van der Waals surface area contributed by atoms with E-state index in [2.05, 4.69) is 20.4 Å². The fourth-order valence-corrected chi connectivity index (χ4v) is 1.31. The molecule has 0 aliphatic rings. The van der Waals surface area contributed by atoms with Gasteiger partial charge in [0, 0.05) is 13.0 Å². The normalized spacial score (nSPS) is 9.55. The van der Waals surface area contributed by atoms with Crippen LogP contribution in [-0.2, 0) is 0 Å². The predicted octanol–water partition coefficient (Wildman–Crippen LogP) is 5.31. The van der Waals surface area contributed by atoms with Crippen LogP contribution in [0.2, 0.25) is 0 Å². The van der Waals surface area contributed by atoms with Crippen LogP contribution in [0, 0.1) is 0 Å². The lowest BCUT2D eigenvalue weighted by atomic mass is 10.1. The van der Waals surface area contributed by atoms with Gasteiger partial charge in [0.2, 0.25) is 0 Å². The molecule has 0 radical (unpaired) electrons. The van der Waals surface area contributed by atoms with Crippen molar-refractivity contribution in [3.8, 4) is 5.75 Å². The lowest BCUT2D eigenvalue weighted by Gasteiger charge is -2.25. The first-order chi connectivity index (χ1) is 9.49. The third-order valence-corrected chi connectivity index (χ3v) is 2.22. The smallest absolute Gasteiger partial charge is 0.120 e. The van der Waals surface area contributed by atoms with E-state index < -0.39 is 0 Å². The summed E-state index contributed by atoms with van der Waals surface area (Å²) in [7, 11) is 0. The summed E-state index contributed by atoms with van der Waals surface area (Å²) in [5, 5.41) is 8.87. The number of aliphatic hydroxyl groups excluding tert-OH is 1. The van der Waals surface area contributed by atoms with Crippen molar-refractivity contribution in [1.29, 1.82) is 0 Å². The minimum absolute atomic E-state index is 0.137. The van der Waals surface area contributed by atoms with Gasteiger partial charge in [-0.05, 0) is 31.5 Å². The van der Waals surface area contributed by atoms with E-state index in [0.717, 1.165) is 11.3 Å². The van der Waals surface area contributed by atoms with Crippen molar-refractivity contribution < 1.29 is 9.84 Å². The highest BCUT2D eigenvalue weighted by Gasteiger charge is 2.18. The molecule has 116 valence electrons. The highest BCUT2D eigenvalue weighted by molar-refractivity contribution is 5.48. The first-order valence-electron chi connectivity index (χ1n) is 7.51. The van der Waals surface area contributed by atoms with Crippen molar-refractivity contribution in [1.82, 2.24) is 0 Å². The Balaban J connectivity index is 0. The summed E-state index contributed by atoms with van der Waals surface area (Å²) in [5.74, 6) is 0.819. The average Bonchev–Trinajstić information content (AvgIpc) is 2.42. The number of ether oxygens (including phenoxy) is 1. The first-order valence-corrected chi connectivity index (χ1v) is 7.51. The van der Waals surface area contributed by atoms with E-state index >= 15 is 0 Å². The molecule has 1 N–H and O–H groups in total. The Labute approximate surface area is 125 Å². The Bertz CT molecular complexity index is 326. The fraction of sp³-hybridized carbons (Fsp3) is 0.556. The van der Waals surface area contributed by atoms with E-state index in [9.17, 15) is 0 Å². The molecule has 0 aromatic heterocycles. The van der Waals surface area contributed by atoms with Gasteiger partial charge in [0.25, 0.3) is 0 Å². The van der Waals surface area contributed by atoms with Crippen LogP contribution in [0.1, 0.15) is 59.9 Å². The van der Waals surface area contributed by atoms with Gasteiger partial charge < -0.3 is 9.84 Å². The summed E-state index contributed by atoms with van der Waals surface area (Å²) in [5.41, 5.74) is 0.743. The van der Waals surface area contributed by atoms with Crippen LogP contribution in [0.3, 0.4) is 0 Å². The van der Waals surface area contributed by atoms with Gasteiger partial charge in [0.1, 0.15) is 11.4 Å². The lowest BCUT2D eigenvalue weighted by Crippen LogP contribution is -2.29. The molecule has 0 heterocycles. The Morgan fingerprint density at radius 1 is 1.15 bits per heavy atom. The van der Waals surface area contributed by atoms with Crippen LogP contribution >= 0.6 is 0 Å². The summed E-state index contributed by atoms with van der Waals surface area (Å²) in [4.78, 5) is 0. The average molecular weight is 280 g/mol. The number of hydrogen-bond acceptors (Lipinski definition) is 2. The monoisotopic (exact) mass is 280 g/mol. The van der Waals surface area contributed by atoms with Gasteiger partial charge in [-0.1, -0.05) is 58.9 Å². The molecule has 1 rings (SSSR count). The SMILES string of the molecule is C=Cc1ccc(OC(C)(C)CCO)cc1.CC.CCC. The highest BCUT2D eigenvalue weighted by Crippen LogP contribution is 2.21. The molecule has 0 amide bonds. The Hall–Kier alpha value is -1.28. The van der Waals surface area contributed by atoms with Gasteiger partial charge >= 0.3 is 0 Å². The molecule has 2 heteroatoms. The second kappa shape index (κ2) is 12.7. The van der Waals surface area contributed by atoms with Gasteiger partial charge in [0.15, 0.2) is 0 Å². The minimum Gasteiger partial charge on any atom is -0.488 e. The second-order valence-electron chi connectivity index (χ2n) is 4.82. The molecule has 0 saturated carbocycles. The molecular formula is C18H32O2. The molecule has 20 heavy (non-hydrogen) atoms. The zero-order valence-corrected chi connectivity index (χ0v) is 14.1. The van der Waals surface area contributed by atoms with Crippen molar-refractivity contribution in [3.63, 3.8) is 0 Å². The molecule has 0 aliphatic heterocycles. The Morgan fingerprint density at radius 3 is 1.95 bits per heavy atom. The van der Waals surface area contributed by atoms with E-state index in [4.69, 9.17) is 9.84 Å². The van der Waals surface area contributed by atoms with E-state index in [1.165, 1.54) is 6.42 Å². The molecule has 0 bridgehead atoms. The van der Waals surface area contributed by atoms with Gasteiger partial charge in [-0.15, -0.1) is 0 Å². The Kier molecular flexibility index (Phi) is 13.4. The summed E-state index contributed by atoms with van der Waals surface area (Å²) in [6.45, 7) is 16.0. The Morgan fingerprint density at radius 2 is 1.60 bits per heavy atom. The van der Waals surface area contributed by atoms with Crippen LogP contribution < -0.4 is 4.74 Å². The van der Waals surface area contributed by atoms with Crippen LogP contribution in [0.25, 0.3) is 6.08 Å². The van der Waals surface area contributed by atoms with Crippen molar-refractivity contribution in [3.05, 3.63) is 36.4 Å². The van der Waals surface area contributed by atoms with Gasteiger partial charge in [0.05, 0.1) is 0 Å². The molecule has 2 nitrogen and oxygen atoms in total. The van der Waals surface area contributed by atoms with E-state index in [-0.39, 0.29) is 12.2 Å². The van der Waals surface area contributed by atoms with Crippen molar-refractivity contribution in [2.75, 3.05) is 6.61 Å². The maximum absolute atomic E-state index is 8.87. The van der Waals surface area contributed by atoms with E-state index in [1.807, 2.05) is 52.0 Å². The van der Waals surface area contributed by atoms with Gasteiger partial charge in [-0.3, -0.25) is 0 Å². The molecule has 0 atom stereocenters. The standard InChI is InChI=1S/C13H18O2.C3H8.C2H6/c1-4-11-5-7-12(8-6-11)15-13(2,3)9-10-14;1-3-2;1-2/h4-8,14H,1,9-10H2,2-3H3;3H2,1-2H3;1-2H3. The number of hydrogen-bond donors (Lipinski definition) is 1. The lowest BCUT2D eigenvalue weighted by molar-refractivity contribution is 0.0765. The molecule has 0 unspecified atom stereocenters. The minimum atomic E-state index is -0.329. The number of benzene rings is 1. The first kappa shape index (κ1) is 21.0. The number of rotatable bonds is 5. The van der Waals surface area contributed by atoms with Gasteiger partial charge in [-0.2, -0.15) is 0 Å². The largest absolute Gasteiger partial charge is 0.488 e. The number of aliphatic hydroxyl groups is 1. The predicted molar refractivity (Wildman–Crippen MR) is 90.3 cm³/mol.